The van der Waals surface area contributed by atoms with Gasteiger partial charge in [-0.15, -0.1) is 0 Å². The van der Waals surface area contributed by atoms with Crippen LogP contribution in [0.15, 0.2) is 24.3 Å². The minimum atomic E-state index is -3.19. The molecule has 1 fully saturated rings. The van der Waals surface area contributed by atoms with Crippen molar-refractivity contribution < 1.29 is 12.9 Å². The summed E-state index contributed by atoms with van der Waals surface area (Å²) in [5, 5.41) is 0. The van der Waals surface area contributed by atoms with E-state index in [0.29, 0.717) is 5.69 Å². The largest absolute Gasteiger partial charge is 0.324 e. The molecule has 0 bridgehead atoms. The molecule has 0 aliphatic carbocycles. The van der Waals surface area contributed by atoms with E-state index in [4.69, 9.17) is 0 Å². The molecule has 0 radical (unpaired) electrons. The van der Waals surface area contributed by atoms with Crippen molar-refractivity contribution in [2.45, 2.75) is 51.9 Å². The van der Waals surface area contributed by atoms with Crippen molar-refractivity contribution in [2.24, 2.45) is 0 Å². The molecule has 1 aromatic carbocycles. The Morgan fingerprint density at radius 3 is 2.12 bits per heavy atom. The Kier molecular flexibility index (Phi) is 7.11. The van der Waals surface area contributed by atoms with E-state index >= 15 is 0 Å². The molecule has 0 saturated carbocycles. The van der Waals surface area contributed by atoms with Gasteiger partial charge in [0.15, 0.2) is 0 Å². The zero-order valence-electron chi connectivity index (χ0n) is 15.3. The standard InChI is InChI=1S/C19H33N2O2S/c1-3-21(15-7-5-4-6-8-16-21)17-9-10-18-11-13-19(14-12-18)20-24(2,22)23/h11-14,20H,3-10,15-17H2,1-2H3/q+1. The summed E-state index contributed by atoms with van der Waals surface area (Å²) in [6.07, 6.45) is 10.4. The predicted octanol–water partition coefficient (Wildman–Crippen LogP) is 3.79. The van der Waals surface area contributed by atoms with Crippen LogP contribution >= 0.6 is 0 Å². The average Bonchev–Trinajstić information content (AvgIpc) is 2.50. The van der Waals surface area contributed by atoms with Gasteiger partial charge in [-0.1, -0.05) is 18.6 Å². The molecule has 1 N–H and O–H groups in total. The van der Waals surface area contributed by atoms with Crippen molar-refractivity contribution in [3.63, 3.8) is 0 Å². The Balaban J connectivity index is 1.85. The summed E-state index contributed by atoms with van der Waals surface area (Å²) in [7, 11) is -3.19. The van der Waals surface area contributed by atoms with Crippen LogP contribution < -0.4 is 4.72 Å². The van der Waals surface area contributed by atoms with Crippen molar-refractivity contribution in [3.8, 4) is 0 Å². The Morgan fingerprint density at radius 1 is 1.00 bits per heavy atom. The SMILES string of the molecule is CC[N+]1(CCCc2ccc(NS(C)(=O)=O)cc2)CCCCCCC1. The number of nitrogens with zero attached hydrogens (tertiary/aromatic N) is 1. The number of anilines is 1. The van der Waals surface area contributed by atoms with Crippen molar-refractivity contribution in [1.82, 2.24) is 0 Å². The van der Waals surface area contributed by atoms with Crippen LogP contribution in [-0.2, 0) is 16.4 Å². The minimum absolute atomic E-state index is 0.641. The maximum Gasteiger partial charge on any atom is 0.229 e. The lowest BCUT2D eigenvalue weighted by Crippen LogP contribution is -2.50. The molecular weight excluding hydrogens is 320 g/mol. The van der Waals surface area contributed by atoms with Crippen molar-refractivity contribution in [1.29, 1.82) is 0 Å². The fourth-order valence-electron chi connectivity index (χ4n) is 3.81. The van der Waals surface area contributed by atoms with Gasteiger partial charge in [0.05, 0.1) is 32.4 Å². The van der Waals surface area contributed by atoms with Crippen LogP contribution in [0.1, 0.15) is 51.0 Å². The van der Waals surface area contributed by atoms with Gasteiger partial charge in [0.1, 0.15) is 0 Å². The van der Waals surface area contributed by atoms with Gasteiger partial charge in [0.2, 0.25) is 10.0 Å². The van der Waals surface area contributed by atoms with Crippen molar-refractivity contribution in [3.05, 3.63) is 29.8 Å². The van der Waals surface area contributed by atoms with Crippen molar-refractivity contribution >= 4 is 15.7 Å². The third-order valence-corrected chi connectivity index (χ3v) is 5.90. The van der Waals surface area contributed by atoms with E-state index in [1.54, 1.807) is 0 Å². The predicted molar refractivity (Wildman–Crippen MR) is 102 cm³/mol. The van der Waals surface area contributed by atoms with Crippen LogP contribution in [0, 0.1) is 0 Å². The molecule has 5 heteroatoms. The van der Waals surface area contributed by atoms with Gasteiger partial charge in [-0.25, -0.2) is 8.42 Å². The average molecular weight is 354 g/mol. The molecule has 24 heavy (non-hydrogen) atoms. The summed E-state index contributed by atoms with van der Waals surface area (Å²) in [6.45, 7) is 7.53. The molecule has 0 spiro atoms. The number of nitrogens with one attached hydrogen (secondary N) is 1. The molecule has 1 heterocycles. The summed E-state index contributed by atoms with van der Waals surface area (Å²) in [5.74, 6) is 0. The first-order chi connectivity index (χ1) is 11.4. The third-order valence-electron chi connectivity index (χ3n) is 5.29. The van der Waals surface area contributed by atoms with Crippen LogP contribution in [0.3, 0.4) is 0 Å². The number of rotatable bonds is 7. The van der Waals surface area contributed by atoms with Gasteiger partial charge in [-0.05, 0) is 56.7 Å². The first-order valence-electron chi connectivity index (χ1n) is 9.34. The number of sulfonamides is 1. The van der Waals surface area contributed by atoms with E-state index in [1.165, 1.54) is 81.0 Å². The van der Waals surface area contributed by atoms with Gasteiger partial charge in [-0.2, -0.15) is 0 Å². The minimum Gasteiger partial charge on any atom is -0.324 e. The molecule has 1 aliphatic rings. The van der Waals surface area contributed by atoms with Crippen LogP contribution in [0.2, 0.25) is 0 Å². The zero-order valence-corrected chi connectivity index (χ0v) is 16.1. The molecule has 1 saturated heterocycles. The number of aryl methyl sites for hydroxylation is 1. The lowest BCUT2D eigenvalue weighted by atomic mass is 10.0. The lowest BCUT2D eigenvalue weighted by Gasteiger charge is -2.39. The summed E-state index contributed by atoms with van der Waals surface area (Å²) in [5.41, 5.74) is 1.93. The summed E-state index contributed by atoms with van der Waals surface area (Å²) >= 11 is 0. The summed E-state index contributed by atoms with van der Waals surface area (Å²) in [6, 6.07) is 7.79. The number of likely N-dealkylation sites (tertiary alicyclic amines) is 1. The van der Waals surface area contributed by atoms with Crippen LogP contribution in [0.25, 0.3) is 0 Å². The molecule has 1 aliphatic heterocycles. The van der Waals surface area contributed by atoms with Gasteiger partial charge >= 0.3 is 0 Å². The molecule has 0 unspecified atom stereocenters. The quantitative estimate of drug-likeness (QED) is 0.758. The highest BCUT2D eigenvalue weighted by Crippen LogP contribution is 2.20. The number of benzene rings is 1. The monoisotopic (exact) mass is 353 g/mol. The highest BCUT2D eigenvalue weighted by molar-refractivity contribution is 7.92. The molecule has 2 rings (SSSR count). The number of hydrogen-bond donors (Lipinski definition) is 1. The highest BCUT2D eigenvalue weighted by atomic mass is 32.2. The molecule has 1 aromatic rings. The van der Waals surface area contributed by atoms with Gasteiger partial charge in [0, 0.05) is 12.1 Å². The van der Waals surface area contributed by atoms with Gasteiger partial charge < -0.3 is 4.48 Å². The third kappa shape index (κ3) is 6.44. The topological polar surface area (TPSA) is 46.2 Å². The molecule has 4 nitrogen and oxygen atoms in total. The zero-order chi connectivity index (χ0) is 17.5. The smallest absolute Gasteiger partial charge is 0.229 e. The number of hydrogen-bond acceptors (Lipinski definition) is 2. The molecule has 0 amide bonds. The second-order valence-electron chi connectivity index (χ2n) is 7.27. The van der Waals surface area contributed by atoms with E-state index in [9.17, 15) is 8.42 Å². The van der Waals surface area contributed by atoms with E-state index in [0.717, 1.165) is 6.42 Å². The maximum absolute atomic E-state index is 11.2. The molecule has 0 aromatic heterocycles. The van der Waals surface area contributed by atoms with Crippen LogP contribution in [0.4, 0.5) is 5.69 Å². The lowest BCUT2D eigenvalue weighted by molar-refractivity contribution is -0.927. The fourth-order valence-corrected chi connectivity index (χ4v) is 4.37. The van der Waals surface area contributed by atoms with E-state index in [1.807, 2.05) is 24.3 Å². The Bertz CT molecular complexity index is 588. The molecule has 0 atom stereocenters. The van der Waals surface area contributed by atoms with E-state index < -0.39 is 10.0 Å². The highest BCUT2D eigenvalue weighted by Gasteiger charge is 2.25. The second kappa shape index (κ2) is 8.86. The maximum atomic E-state index is 11.2. The van der Waals surface area contributed by atoms with Crippen LogP contribution in [-0.4, -0.2) is 45.3 Å². The van der Waals surface area contributed by atoms with Gasteiger partial charge in [-0.3, -0.25) is 4.72 Å². The van der Waals surface area contributed by atoms with E-state index in [-0.39, 0.29) is 0 Å². The van der Waals surface area contributed by atoms with Crippen molar-refractivity contribution in [2.75, 3.05) is 37.2 Å². The first-order valence-corrected chi connectivity index (χ1v) is 11.2. The summed E-state index contributed by atoms with van der Waals surface area (Å²) in [4.78, 5) is 0. The Labute approximate surface area is 147 Å². The Morgan fingerprint density at radius 2 is 1.58 bits per heavy atom. The van der Waals surface area contributed by atoms with Gasteiger partial charge in [0.25, 0.3) is 0 Å². The number of quaternary nitrogens is 1. The molecule has 136 valence electrons. The first kappa shape index (κ1) is 19.3. The van der Waals surface area contributed by atoms with Crippen LogP contribution in [0.5, 0.6) is 0 Å². The normalized spacial score (nSPS) is 18.6. The Hall–Kier alpha value is -1.07. The fraction of sp³-hybridized carbons (Fsp3) is 0.684. The molecular formula is C19H33N2O2S+. The van der Waals surface area contributed by atoms with E-state index in [2.05, 4.69) is 11.6 Å². The summed E-state index contributed by atoms with van der Waals surface area (Å²) < 4.78 is 26.3. The second-order valence-corrected chi connectivity index (χ2v) is 9.02.